The molecule has 2 aliphatic heterocycles. The molecule has 0 atom stereocenters. The molecule has 0 saturated carbocycles. The summed E-state index contributed by atoms with van der Waals surface area (Å²) in [6.07, 6.45) is 2.30. The van der Waals surface area contributed by atoms with Crippen LogP contribution >= 0.6 is 0 Å². The van der Waals surface area contributed by atoms with Crippen LogP contribution < -0.4 is 26.2 Å². The van der Waals surface area contributed by atoms with Gasteiger partial charge in [-0.2, -0.15) is 0 Å². The van der Waals surface area contributed by atoms with Crippen molar-refractivity contribution in [2.24, 2.45) is 0 Å². The van der Waals surface area contributed by atoms with Crippen molar-refractivity contribution in [2.75, 3.05) is 9.80 Å². The SMILES string of the molecule is CC(C)(C)c1ccc(N2c3cc4c(cc3B3c5cc6c(cc5N(c5ccc(C(C)(C)C)c(-c7ccccc7)c5)c5cc(C(C)(C)C)cc2c53)C(C)(C)CCC6(C)C)C(C)(C)c2ccccc2C4(C)C)c(-c2ccccc2)c1. The number of benzene rings is 8. The zero-order chi connectivity index (χ0) is 54.7. The minimum absolute atomic E-state index is 0.00589. The van der Waals surface area contributed by atoms with Gasteiger partial charge >= 0.3 is 0 Å². The Morgan fingerprint density at radius 3 is 1.38 bits per heavy atom. The summed E-state index contributed by atoms with van der Waals surface area (Å²) in [6.45, 7) is 41.2. The highest BCUT2D eigenvalue weighted by atomic mass is 15.2. The number of hydrogen-bond acceptors (Lipinski definition) is 2. The smallest absolute Gasteiger partial charge is 0.252 e. The zero-order valence-electron chi connectivity index (χ0n) is 49.4. The van der Waals surface area contributed by atoms with E-state index < -0.39 is 0 Å². The predicted molar refractivity (Wildman–Crippen MR) is 333 cm³/mol. The van der Waals surface area contributed by atoms with E-state index in [0.29, 0.717) is 0 Å². The van der Waals surface area contributed by atoms with Gasteiger partial charge in [0.1, 0.15) is 0 Å². The molecule has 0 bridgehead atoms. The van der Waals surface area contributed by atoms with Crippen LogP contribution in [0.4, 0.5) is 34.1 Å². The van der Waals surface area contributed by atoms with Crippen LogP contribution in [0.1, 0.15) is 181 Å². The first kappa shape index (κ1) is 51.2. The topological polar surface area (TPSA) is 6.48 Å². The van der Waals surface area contributed by atoms with E-state index in [1.807, 2.05) is 0 Å². The second kappa shape index (κ2) is 17.0. The lowest BCUT2D eigenvalue weighted by Crippen LogP contribution is -2.62. The molecule has 2 nitrogen and oxygen atoms in total. The van der Waals surface area contributed by atoms with Crippen molar-refractivity contribution in [3.8, 4) is 22.3 Å². The summed E-state index contributed by atoms with van der Waals surface area (Å²) in [4.78, 5) is 5.44. The van der Waals surface area contributed by atoms with Crippen LogP contribution in [-0.4, -0.2) is 6.71 Å². The van der Waals surface area contributed by atoms with Crippen molar-refractivity contribution in [2.45, 2.75) is 168 Å². The molecule has 8 aromatic rings. The normalized spacial score (nSPS) is 17.4. The highest BCUT2D eigenvalue weighted by molar-refractivity contribution is 7.00. The lowest BCUT2D eigenvalue weighted by molar-refractivity contribution is 0.332. The molecule has 390 valence electrons. The van der Waals surface area contributed by atoms with Gasteiger partial charge in [0.2, 0.25) is 0 Å². The monoisotopic (exact) mass is 1010 g/mol. The maximum absolute atomic E-state index is 2.73. The van der Waals surface area contributed by atoms with E-state index in [4.69, 9.17) is 0 Å². The van der Waals surface area contributed by atoms with E-state index in [9.17, 15) is 0 Å². The third-order valence-electron chi connectivity index (χ3n) is 19.0. The number of fused-ring (bicyclic) bond motifs is 7. The molecular formula is C74H81BN2. The molecule has 2 heterocycles. The number of hydrogen-bond donors (Lipinski definition) is 0. The first-order valence-electron chi connectivity index (χ1n) is 28.8. The Kier molecular flexibility index (Phi) is 11.3. The Morgan fingerprint density at radius 2 is 0.831 bits per heavy atom. The Morgan fingerprint density at radius 1 is 0.364 bits per heavy atom. The summed E-state index contributed by atoms with van der Waals surface area (Å²) < 4.78 is 0. The van der Waals surface area contributed by atoms with Gasteiger partial charge in [-0.15, -0.1) is 0 Å². The van der Waals surface area contributed by atoms with Gasteiger partial charge in [-0.25, -0.2) is 0 Å². The molecule has 0 unspecified atom stereocenters. The summed E-state index contributed by atoms with van der Waals surface area (Å²) >= 11 is 0. The molecule has 0 radical (unpaired) electrons. The van der Waals surface area contributed by atoms with Crippen LogP contribution in [0.5, 0.6) is 0 Å². The third kappa shape index (κ3) is 7.94. The molecule has 77 heavy (non-hydrogen) atoms. The molecule has 4 aliphatic rings. The van der Waals surface area contributed by atoms with Crippen LogP contribution in [-0.2, 0) is 37.9 Å². The fourth-order valence-electron chi connectivity index (χ4n) is 14.2. The summed E-state index contributed by atoms with van der Waals surface area (Å²) in [7, 11) is 0. The third-order valence-corrected chi connectivity index (χ3v) is 19.0. The largest absolute Gasteiger partial charge is 0.311 e. The van der Waals surface area contributed by atoms with Crippen molar-refractivity contribution < 1.29 is 0 Å². The van der Waals surface area contributed by atoms with Crippen molar-refractivity contribution in [1.29, 1.82) is 0 Å². The fourth-order valence-corrected chi connectivity index (χ4v) is 14.2. The van der Waals surface area contributed by atoms with E-state index in [2.05, 4.69) is 285 Å². The summed E-state index contributed by atoms with van der Waals surface area (Å²) in [5.74, 6) is 0. The van der Waals surface area contributed by atoms with Crippen LogP contribution in [0.25, 0.3) is 22.3 Å². The first-order valence-corrected chi connectivity index (χ1v) is 28.8. The van der Waals surface area contributed by atoms with Crippen LogP contribution in [0, 0.1) is 0 Å². The van der Waals surface area contributed by atoms with Crippen molar-refractivity contribution in [1.82, 2.24) is 0 Å². The van der Waals surface area contributed by atoms with Gasteiger partial charge < -0.3 is 9.80 Å². The van der Waals surface area contributed by atoms with Crippen molar-refractivity contribution >= 4 is 57.2 Å². The highest BCUT2D eigenvalue weighted by Gasteiger charge is 2.50. The molecule has 3 heteroatoms. The van der Waals surface area contributed by atoms with Crippen molar-refractivity contribution in [3.05, 3.63) is 208 Å². The number of nitrogens with zero attached hydrogens (tertiary/aromatic N) is 2. The molecule has 0 fully saturated rings. The van der Waals surface area contributed by atoms with Gasteiger partial charge in [0.05, 0.1) is 5.69 Å². The van der Waals surface area contributed by atoms with Gasteiger partial charge in [-0.1, -0.05) is 227 Å². The van der Waals surface area contributed by atoms with E-state index in [0.717, 1.165) is 12.8 Å². The lowest BCUT2D eigenvalue weighted by Gasteiger charge is -2.49. The van der Waals surface area contributed by atoms with Gasteiger partial charge in [0, 0.05) is 44.8 Å². The van der Waals surface area contributed by atoms with E-state index in [1.54, 1.807) is 0 Å². The molecule has 0 N–H and O–H groups in total. The average Bonchev–Trinajstić information content (AvgIpc) is 3.50. The Hall–Kier alpha value is -6.58. The van der Waals surface area contributed by atoms with E-state index >= 15 is 0 Å². The van der Waals surface area contributed by atoms with E-state index in [-0.39, 0.29) is 44.6 Å². The first-order chi connectivity index (χ1) is 36.1. The standard InChI is InChI=1S/C74H81BN2/c1-68(2,3)48-32-35-62(52(38-48)47-28-22-19-23-29-47)77-64-45-59-58(73(14,15)54-30-24-25-31-55(54)74(59,16)17)43-61(64)75-60-42-56-57(72(12,13)37-36-71(56,10)11)44-63(60)76(65-39-49(69(4,5)6)40-66(77)67(65)75)50-33-34-53(70(7,8)9)51(41-50)46-26-20-18-21-27-46/h18-35,38-45H,36-37H2,1-17H3. The van der Waals surface area contributed by atoms with E-state index in [1.165, 1.54) is 123 Å². The highest BCUT2D eigenvalue weighted by Crippen LogP contribution is 2.56. The predicted octanol–water partition coefficient (Wildman–Crippen LogP) is 18.3. The summed E-state index contributed by atoms with van der Waals surface area (Å²) in [6, 6.07) is 62.3. The van der Waals surface area contributed by atoms with Gasteiger partial charge in [-0.05, 0) is 172 Å². The Bertz CT molecular complexity index is 3700. The second-order valence-electron chi connectivity index (χ2n) is 29.0. The summed E-state index contributed by atoms with van der Waals surface area (Å²) in [5, 5.41) is 0. The minimum Gasteiger partial charge on any atom is -0.311 e. The second-order valence-corrected chi connectivity index (χ2v) is 29.0. The molecule has 0 spiro atoms. The number of rotatable bonds is 4. The lowest BCUT2D eigenvalue weighted by atomic mass is 9.32. The molecule has 2 aliphatic carbocycles. The zero-order valence-corrected chi connectivity index (χ0v) is 49.4. The minimum atomic E-state index is -0.245. The van der Waals surface area contributed by atoms with Crippen LogP contribution in [0.15, 0.2) is 158 Å². The molecular weight excluding hydrogens is 928 g/mol. The molecule has 12 rings (SSSR count). The quantitative estimate of drug-likeness (QED) is 0.162. The maximum atomic E-state index is 2.73. The van der Waals surface area contributed by atoms with Crippen molar-refractivity contribution in [3.63, 3.8) is 0 Å². The Balaban J connectivity index is 1.27. The summed E-state index contributed by atoms with van der Waals surface area (Å²) in [5.41, 5.74) is 28.6. The molecule has 0 aromatic heterocycles. The average molecular weight is 1010 g/mol. The Labute approximate surface area is 463 Å². The fraction of sp³-hybridized carbons (Fsp3) is 0.351. The molecule has 0 saturated heterocycles. The molecule has 0 amide bonds. The molecule has 8 aromatic carbocycles. The van der Waals surface area contributed by atoms with Gasteiger partial charge in [0.25, 0.3) is 6.71 Å². The van der Waals surface area contributed by atoms with Crippen LogP contribution in [0.3, 0.4) is 0 Å². The van der Waals surface area contributed by atoms with Gasteiger partial charge in [-0.3, -0.25) is 0 Å². The van der Waals surface area contributed by atoms with Crippen LogP contribution in [0.2, 0.25) is 0 Å². The van der Waals surface area contributed by atoms with Gasteiger partial charge in [0.15, 0.2) is 0 Å². The maximum Gasteiger partial charge on any atom is 0.252 e. The number of anilines is 6.